The van der Waals surface area contributed by atoms with E-state index in [1.807, 2.05) is 0 Å². The van der Waals surface area contributed by atoms with E-state index in [2.05, 4.69) is 82.8 Å². The standard InChI is InChI=1S/C18H20BrN/c1-13(14-7-9-17(19)10-8-14)20-18-11-16(12-18)15-5-3-2-4-6-15/h2-10,13,16,18,20H,11-12H2,1H3/t13-,16?,18?/m0/s1. The lowest BCUT2D eigenvalue weighted by Gasteiger charge is -2.38. The van der Waals surface area contributed by atoms with Gasteiger partial charge in [0.15, 0.2) is 0 Å². The first-order chi connectivity index (χ1) is 9.72. The van der Waals surface area contributed by atoms with Gasteiger partial charge in [0.05, 0.1) is 0 Å². The van der Waals surface area contributed by atoms with Gasteiger partial charge in [0.2, 0.25) is 0 Å². The zero-order valence-electron chi connectivity index (χ0n) is 11.7. The van der Waals surface area contributed by atoms with Gasteiger partial charge >= 0.3 is 0 Å². The van der Waals surface area contributed by atoms with Crippen molar-refractivity contribution in [1.29, 1.82) is 0 Å². The molecule has 0 amide bonds. The highest BCUT2D eigenvalue weighted by atomic mass is 79.9. The maximum atomic E-state index is 3.74. The molecule has 20 heavy (non-hydrogen) atoms. The number of rotatable bonds is 4. The molecule has 0 saturated heterocycles. The third kappa shape index (κ3) is 3.13. The molecule has 0 radical (unpaired) electrons. The van der Waals surface area contributed by atoms with Crippen LogP contribution in [0.15, 0.2) is 59.1 Å². The molecule has 0 aromatic heterocycles. The van der Waals surface area contributed by atoms with Crippen molar-refractivity contribution in [1.82, 2.24) is 5.32 Å². The monoisotopic (exact) mass is 329 g/mol. The SMILES string of the molecule is C[C@H](NC1CC(c2ccccc2)C1)c1ccc(Br)cc1. The second kappa shape index (κ2) is 6.11. The molecule has 1 aliphatic carbocycles. The minimum absolute atomic E-state index is 0.421. The molecule has 1 N–H and O–H groups in total. The van der Waals surface area contributed by atoms with Crippen LogP contribution in [0.2, 0.25) is 0 Å². The quantitative estimate of drug-likeness (QED) is 0.827. The van der Waals surface area contributed by atoms with Crippen LogP contribution in [0.25, 0.3) is 0 Å². The van der Waals surface area contributed by atoms with Crippen molar-refractivity contribution in [2.24, 2.45) is 0 Å². The third-order valence-corrected chi connectivity index (χ3v) is 4.79. The molecule has 2 aromatic carbocycles. The van der Waals surface area contributed by atoms with Gasteiger partial charge in [-0.25, -0.2) is 0 Å². The lowest BCUT2D eigenvalue weighted by Crippen LogP contribution is -2.41. The first kappa shape index (κ1) is 13.8. The van der Waals surface area contributed by atoms with Crippen molar-refractivity contribution in [2.75, 3.05) is 0 Å². The largest absolute Gasteiger partial charge is 0.307 e. The Labute approximate surface area is 129 Å². The van der Waals surface area contributed by atoms with E-state index in [0.29, 0.717) is 12.1 Å². The van der Waals surface area contributed by atoms with Crippen LogP contribution in [0.3, 0.4) is 0 Å². The molecule has 0 aliphatic heterocycles. The molecule has 0 bridgehead atoms. The second-order valence-electron chi connectivity index (χ2n) is 5.72. The summed E-state index contributed by atoms with van der Waals surface area (Å²) < 4.78 is 1.14. The fourth-order valence-corrected chi connectivity index (χ4v) is 3.22. The van der Waals surface area contributed by atoms with Gasteiger partial charge < -0.3 is 5.32 Å². The molecule has 1 saturated carbocycles. The number of nitrogens with one attached hydrogen (secondary N) is 1. The lowest BCUT2D eigenvalue weighted by atomic mass is 9.75. The Morgan fingerprint density at radius 1 is 1.00 bits per heavy atom. The molecular formula is C18H20BrN. The van der Waals surface area contributed by atoms with Crippen LogP contribution >= 0.6 is 15.9 Å². The maximum absolute atomic E-state index is 3.74. The average Bonchev–Trinajstić information content (AvgIpc) is 2.44. The second-order valence-corrected chi connectivity index (χ2v) is 6.63. The smallest absolute Gasteiger partial charge is 0.0294 e. The summed E-state index contributed by atoms with van der Waals surface area (Å²) in [6.45, 7) is 2.25. The van der Waals surface area contributed by atoms with Crippen LogP contribution in [-0.4, -0.2) is 6.04 Å². The molecule has 1 fully saturated rings. The Balaban J connectivity index is 1.52. The van der Waals surface area contributed by atoms with Crippen molar-refractivity contribution in [3.63, 3.8) is 0 Å². The van der Waals surface area contributed by atoms with Crippen LogP contribution in [0.4, 0.5) is 0 Å². The number of hydrogen-bond donors (Lipinski definition) is 1. The summed E-state index contributed by atoms with van der Waals surface area (Å²) in [5.74, 6) is 0.741. The Kier molecular flexibility index (Phi) is 4.23. The highest BCUT2D eigenvalue weighted by Crippen LogP contribution is 2.37. The summed E-state index contributed by atoms with van der Waals surface area (Å²) in [6, 6.07) is 20.5. The number of halogens is 1. The van der Waals surface area contributed by atoms with Crippen molar-refractivity contribution in [3.05, 3.63) is 70.2 Å². The fourth-order valence-electron chi connectivity index (χ4n) is 2.95. The van der Waals surface area contributed by atoms with E-state index in [0.717, 1.165) is 10.4 Å². The predicted molar refractivity (Wildman–Crippen MR) is 87.9 cm³/mol. The molecule has 2 aromatic rings. The number of benzene rings is 2. The van der Waals surface area contributed by atoms with Gasteiger partial charge in [0, 0.05) is 16.6 Å². The van der Waals surface area contributed by atoms with Crippen LogP contribution in [-0.2, 0) is 0 Å². The van der Waals surface area contributed by atoms with Crippen molar-refractivity contribution in [3.8, 4) is 0 Å². The minimum Gasteiger partial charge on any atom is -0.307 e. The van der Waals surface area contributed by atoms with Gasteiger partial charge in [-0.05, 0) is 48.9 Å². The average molecular weight is 330 g/mol. The van der Waals surface area contributed by atoms with Crippen LogP contribution in [0, 0.1) is 0 Å². The van der Waals surface area contributed by atoms with E-state index in [-0.39, 0.29) is 0 Å². The lowest BCUT2D eigenvalue weighted by molar-refractivity contribution is 0.271. The van der Waals surface area contributed by atoms with Crippen molar-refractivity contribution in [2.45, 2.75) is 37.8 Å². The molecule has 2 heteroatoms. The van der Waals surface area contributed by atoms with Crippen LogP contribution in [0.5, 0.6) is 0 Å². The Hall–Kier alpha value is -1.12. The highest BCUT2D eigenvalue weighted by Gasteiger charge is 2.30. The molecule has 0 spiro atoms. The van der Waals surface area contributed by atoms with Gasteiger partial charge in [-0.2, -0.15) is 0 Å². The Morgan fingerprint density at radius 2 is 1.65 bits per heavy atom. The normalized spacial score (nSPS) is 23.1. The molecule has 3 rings (SSSR count). The predicted octanol–water partition coefficient (Wildman–Crippen LogP) is 5.05. The van der Waals surface area contributed by atoms with E-state index >= 15 is 0 Å². The van der Waals surface area contributed by atoms with Crippen LogP contribution in [0.1, 0.15) is 42.9 Å². The molecule has 0 unspecified atom stereocenters. The van der Waals surface area contributed by atoms with E-state index < -0.39 is 0 Å². The third-order valence-electron chi connectivity index (χ3n) is 4.26. The fraction of sp³-hybridized carbons (Fsp3) is 0.333. The van der Waals surface area contributed by atoms with Gasteiger partial charge in [0.25, 0.3) is 0 Å². The summed E-state index contributed by atoms with van der Waals surface area (Å²) in [6.07, 6.45) is 2.51. The summed E-state index contributed by atoms with van der Waals surface area (Å²) in [5, 5.41) is 3.74. The zero-order valence-corrected chi connectivity index (χ0v) is 13.3. The summed E-state index contributed by atoms with van der Waals surface area (Å²) in [4.78, 5) is 0. The molecular weight excluding hydrogens is 310 g/mol. The molecule has 104 valence electrons. The maximum Gasteiger partial charge on any atom is 0.0294 e. The first-order valence-corrected chi connectivity index (χ1v) is 8.08. The topological polar surface area (TPSA) is 12.0 Å². The minimum atomic E-state index is 0.421. The first-order valence-electron chi connectivity index (χ1n) is 7.29. The summed E-state index contributed by atoms with van der Waals surface area (Å²) >= 11 is 3.48. The van der Waals surface area contributed by atoms with Crippen molar-refractivity contribution >= 4 is 15.9 Å². The summed E-state index contributed by atoms with van der Waals surface area (Å²) in [5.41, 5.74) is 2.85. The van der Waals surface area contributed by atoms with Gasteiger partial charge in [0.1, 0.15) is 0 Å². The number of hydrogen-bond acceptors (Lipinski definition) is 1. The zero-order chi connectivity index (χ0) is 13.9. The molecule has 1 nitrogen and oxygen atoms in total. The van der Waals surface area contributed by atoms with E-state index in [1.165, 1.54) is 24.0 Å². The van der Waals surface area contributed by atoms with Crippen molar-refractivity contribution < 1.29 is 0 Å². The van der Waals surface area contributed by atoms with Gasteiger partial charge in [-0.3, -0.25) is 0 Å². The Morgan fingerprint density at radius 3 is 2.30 bits per heavy atom. The van der Waals surface area contributed by atoms with Gasteiger partial charge in [-0.15, -0.1) is 0 Å². The molecule has 0 heterocycles. The van der Waals surface area contributed by atoms with Crippen LogP contribution < -0.4 is 5.32 Å². The van der Waals surface area contributed by atoms with E-state index in [1.54, 1.807) is 0 Å². The van der Waals surface area contributed by atoms with E-state index in [9.17, 15) is 0 Å². The van der Waals surface area contributed by atoms with Gasteiger partial charge in [-0.1, -0.05) is 58.4 Å². The summed E-state index contributed by atoms with van der Waals surface area (Å²) in [7, 11) is 0. The molecule has 1 atom stereocenters. The highest BCUT2D eigenvalue weighted by molar-refractivity contribution is 9.10. The Bertz CT molecular complexity index is 543. The van der Waals surface area contributed by atoms with E-state index in [4.69, 9.17) is 0 Å². The molecule has 1 aliphatic rings.